The Labute approximate surface area is 309 Å². The van der Waals surface area contributed by atoms with Crippen molar-refractivity contribution in [3.8, 4) is 46.8 Å². The summed E-state index contributed by atoms with van der Waals surface area (Å²) in [6.07, 6.45) is 5.09. The zero-order valence-corrected chi connectivity index (χ0v) is 28.9. The van der Waals surface area contributed by atoms with E-state index in [0.29, 0.717) is 28.1 Å². The highest BCUT2D eigenvalue weighted by Gasteiger charge is 2.29. The average molecular weight is 691 g/mol. The van der Waals surface area contributed by atoms with E-state index in [9.17, 15) is 21.0 Å². The SMILES string of the molecule is CC1C=Cc2c(n(-c3c(-c4ccc(C#N)c(C#N)c4-n4c5ccccc5c5cc6c(cc54)oc4ccccc46)ccc(C#N)c3C#N)c3ccccc23)C1. The van der Waals surface area contributed by atoms with Crippen molar-refractivity contribution >= 4 is 60.7 Å². The first-order chi connectivity index (χ1) is 26.5. The quantitative estimate of drug-likeness (QED) is 0.183. The summed E-state index contributed by atoms with van der Waals surface area (Å²) in [5.41, 5.74) is 9.43. The molecule has 0 N–H and O–H groups in total. The molecule has 1 atom stereocenters. The number of benzene rings is 6. The Morgan fingerprint density at radius 2 is 1.15 bits per heavy atom. The Kier molecular flexibility index (Phi) is 6.64. The number of nitriles is 4. The van der Waals surface area contributed by atoms with Gasteiger partial charge in [-0.2, -0.15) is 21.0 Å². The fraction of sp³-hybridized carbons (Fsp3) is 0.0638. The zero-order chi connectivity index (χ0) is 36.7. The number of fused-ring (bicyclic) bond motifs is 9. The van der Waals surface area contributed by atoms with Crippen molar-refractivity contribution in [2.24, 2.45) is 5.92 Å². The monoisotopic (exact) mass is 690 g/mol. The highest BCUT2D eigenvalue weighted by molar-refractivity contribution is 6.18. The number of nitrogens with zero attached hydrogens (tertiary/aromatic N) is 6. The normalized spacial score (nSPS) is 13.6. The van der Waals surface area contributed by atoms with Gasteiger partial charge in [0, 0.05) is 55.4 Å². The van der Waals surface area contributed by atoms with Gasteiger partial charge in [0.05, 0.1) is 50.2 Å². The molecule has 0 spiro atoms. The maximum Gasteiger partial charge on any atom is 0.137 e. The predicted octanol–water partition coefficient (Wildman–Crippen LogP) is 11.0. The third-order valence-electron chi connectivity index (χ3n) is 10.9. The molecule has 3 heterocycles. The first kappa shape index (κ1) is 30.9. The number of hydrogen-bond acceptors (Lipinski definition) is 5. The molecule has 0 radical (unpaired) electrons. The van der Waals surface area contributed by atoms with E-state index < -0.39 is 0 Å². The Morgan fingerprint density at radius 1 is 0.556 bits per heavy atom. The van der Waals surface area contributed by atoms with Crippen LogP contribution in [0.2, 0.25) is 0 Å². The zero-order valence-electron chi connectivity index (χ0n) is 28.9. The van der Waals surface area contributed by atoms with Crippen LogP contribution in [-0.4, -0.2) is 9.13 Å². The van der Waals surface area contributed by atoms with Crippen LogP contribution in [0.3, 0.4) is 0 Å². The molecule has 1 aliphatic rings. The van der Waals surface area contributed by atoms with Crippen LogP contribution in [0.25, 0.3) is 83.2 Å². The van der Waals surface area contributed by atoms with Gasteiger partial charge in [0.1, 0.15) is 35.4 Å². The molecule has 1 aliphatic carbocycles. The minimum atomic E-state index is 0.201. The van der Waals surface area contributed by atoms with Crippen LogP contribution in [0.1, 0.15) is 40.4 Å². The first-order valence-electron chi connectivity index (χ1n) is 17.6. The molecule has 7 nitrogen and oxygen atoms in total. The lowest BCUT2D eigenvalue weighted by molar-refractivity contribution is 0.669. The topological polar surface area (TPSA) is 118 Å². The van der Waals surface area contributed by atoms with Crippen LogP contribution in [0.4, 0.5) is 0 Å². The maximum absolute atomic E-state index is 10.9. The van der Waals surface area contributed by atoms with Gasteiger partial charge < -0.3 is 13.6 Å². The first-order valence-corrected chi connectivity index (χ1v) is 17.6. The van der Waals surface area contributed by atoms with Crippen LogP contribution in [0, 0.1) is 51.2 Å². The van der Waals surface area contributed by atoms with Crippen LogP contribution < -0.4 is 0 Å². The summed E-state index contributed by atoms with van der Waals surface area (Å²) >= 11 is 0. The Morgan fingerprint density at radius 3 is 1.81 bits per heavy atom. The summed E-state index contributed by atoms with van der Waals surface area (Å²) in [5, 5.41) is 47.5. The van der Waals surface area contributed by atoms with Crippen molar-refractivity contribution in [1.82, 2.24) is 9.13 Å². The molecule has 0 fully saturated rings. The molecule has 0 aliphatic heterocycles. The van der Waals surface area contributed by atoms with Gasteiger partial charge >= 0.3 is 0 Å². The molecule has 7 heteroatoms. The van der Waals surface area contributed by atoms with Crippen molar-refractivity contribution in [1.29, 1.82) is 21.0 Å². The van der Waals surface area contributed by atoms with E-state index in [2.05, 4.69) is 66.1 Å². The van der Waals surface area contributed by atoms with E-state index >= 15 is 0 Å². The summed E-state index contributed by atoms with van der Waals surface area (Å²) in [5.74, 6) is 0.247. The number of hydrogen-bond donors (Lipinski definition) is 0. The van der Waals surface area contributed by atoms with Crippen LogP contribution >= 0.6 is 0 Å². The number of allylic oxidation sites excluding steroid dienone is 1. The van der Waals surface area contributed by atoms with Gasteiger partial charge in [-0.1, -0.05) is 85.8 Å². The number of rotatable bonds is 3. The highest BCUT2D eigenvalue weighted by atomic mass is 16.3. The van der Waals surface area contributed by atoms with Gasteiger partial charge in [0.25, 0.3) is 0 Å². The van der Waals surface area contributed by atoms with Gasteiger partial charge in [-0.05, 0) is 48.7 Å². The Balaban J connectivity index is 1.39. The second kappa shape index (κ2) is 11.6. The van der Waals surface area contributed by atoms with E-state index in [0.717, 1.165) is 66.7 Å². The summed E-state index contributed by atoms with van der Waals surface area (Å²) in [6.45, 7) is 2.17. The minimum Gasteiger partial charge on any atom is -0.456 e. The van der Waals surface area contributed by atoms with E-state index in [1.165, 1.54) is 0 Å². The Hall–Kier alpha value is -7.84. The fourth-order valence-electron chi connectivity index (χ4n) is 8.52. The highest BCUT2D eigenvalue weighted by Crippen LogP contribution is 2.45. The van der Waals surface area contributed by atoms with Crippen molar-refractivity contribution in [3.63, 3.8) is 0 Å². The van der Waals surface area contributed by atoms with Crippen LogP contribution in [-0.2, 0) is 6.42 Å². The smallest absolute Gasteiger partial charge is 0.137 e. The maximum atomic E-state index is 10.9. The largest absolute Gasteiger partial charge is 0.456 e. The van der Waals surface area contributed by atoms with Crippen molar-refractivity contribution < 1.29 is 4.42 Å². The molecule has 1 unspecified atom stereocenters. The second-order valence-corrected chi connectivity index (χ2v) is 13.8. The lowest BCUT2D eigenvalue weighted by Crippen LogP contribution is -2.12. The molecule has 6 aromatic carbocycles. The molecular weight excluding hydrogens is 665 g/mol. The predicted molar refractivity (Wildman–Crippen MR) is 211 cm³/mol. The van der Waals surface area contributed by atoms with Crippen LogP contribution in [0.15, 0.2) is 120 Å². The van der Waals surface area contributed by atoms with Gasteiger partial charge in [-0.3, -0.25) is 0 Å². The molecule has 0 saturated carbocycles. The third-order valence-corrected chi connectivity index (χ3v) is 10.9. The minimum absolute atomic E-state index is 0.201. The number of para-hydroxylation sites is 3. The second-order valence-electron chi connectivity index (χ2n) is 13.8. The van der Waals surface area contributed by atoms with Gasteiger partial charge in [0.2, 0.25) is 0 Å². The lowest BCUT2D eigenvalue weighted by Gasteiger charge is -2.23. The molecule has 0 saturated heterocycles. The van der Waals surface area contributed by atoms with Gasteiger partial charge in [-0.25, -0.2) is 0 Å². The Bertz CT molecular complexity index is 3320. The van der Waals surface area contributed by atoms with E-state index in [1.54, 1.807) is 12.1 Å². The standard InChI is InChI=1S/C47H26N6O/c1-27-14-17-32-30-8-2-5-11-40(30)52(42(32)20-27)46-34(18-15-28(23-48)38(46)25-50)35-19-16-29(24-49)39(26-51)47(35)53-41-12-6-3-9-31(41)36-21-37-33-10-4-7-13-44(33)54-45(37)22-43(36)53/h2-19,21-22,27H,20H2,1H3. The van der Waals surface area contributed by atoms with Crippen molar-refractivity contribution in [2.45, 2.75) is 13.3 Å². The summed E-state index contributed by atoms with van der Waals surface area (Å²) in [7, 11) is 0. The van der Waals surface area contributed by atoms with Crippen molar-refractivity contribution in [2.75, 3.05) is 0 Å². The third kappa shape index (κ3) is 4.19. The summed E-state index contributed by atoms with van der Waals surface area (Å²) in [4.78, 5) is 0. The average Bonchev–Trinajstić information content (AvgIpc) is 3.85. The van der Waals surface area contributed by atoms with E-state index in [1.807, 2.05) is 83.4 Å². The molecule has 3 aromatic heterocycles. The fourth-order valence-corrected chi connectivity index (χ4v) is 8.52. The van der Waals surface area contributed by atoms with Crippen molar-refractivity contribution in [3.05, 3.63) is 149 Å². The number of aromatic nitrogens is 2. The summed E-state index contributed by atoms with van der Waals surface area (Å²) in [6, 6.07) is 44.7. The van der Waals surface area contributed by atoms with E-state index in [-0.39, 0.29) is 28.2 Å². The molecule has 9 aromatic rings. The molecule has 54 heavy (non-hydrogen) atoms. The summed E-state index contributed by atoms with van der Waals surface area (Å²) < 4.78 is 10.6. The molecule has 0 bridgehead atoms. The van der Waals surface area contributed by atoms with Gasteiger partial charge in [-0.15, -0.1) is 0 Å². The number of furan rings is 1. The molecular formula is C47H26N6O. The lowest BCUT2D eigenvalue weighted by atomic mass is 9.91. The molecule has 250 valence electrons. The van der Waals surface area contributed by atoms with Crippen LogP contribution in [0.5, 0.6) is 0 Å². The molecule has 10 rings (SSSR count). The van der Waals surface area contributed by atoms with E-state index in [4.69, 9.17) is 4.42 Å². The van der Waals surface area contributed by atoms with Gasteiger partial charge in [0.15, 0.2) is 0 Å². The molecule has 0 amide bonds.